The molecule has 3 aromatic heterocycles. The van der Waals surface area contributed by atoms with Crippen LogP contribution < -0.4 is 5.73 Å². The molecular weight excluding hydrogens is 490 g/mol. The zero-order valence-corrected chi connectivity index (χ0v) is 22.6. The largest absolute Gasteiger partial charge is 0.383 e. The van der Waals surface area contributed by atoms with Crippen molar-refractivity contribution in [3.05, 3.63) is 59.7 Å². The van der Waals surface area contributed by atoms with Gasteiger partial charge >= 0.3 is 0 Å². The molecule has 1 saturated carbocycles. The first-order chi connectivity index (χ1) is 18.8. The highest BCUT2D eigenvalue weighted by atomic mass is 16.5. The Hall–Kier alpha value is -4.00. The molecule has 0 radical (unpaired) electrons. The van der Waals surface area contributed by atoms with Gasteiger partial charge < -0.3 is 15.0 Å². The van der Waals surface area contributed by atoms with Crippen molar-refractivity contribution in [3.8, 4) is 11.8 Å². The summed E-state index contributed by atoms with van der Waals surface area (Å²) in [4.78, 5) is 23.2. The van der Waals surface area contributed by atoms with Gasteiger partial charge in [0.1, 0.15) is 17.3 Å². The Balaban J connectivity index is 1.34. The number of ether oxygens (including phenoxy) is 1. The number of aromatic nitrogens is 5. The van der Waals surface area contributed by atoms with Gasteiger partial charge in [0.15, 0.2) is 5.78 Å². The number of rotatable bonds is 7. The molecule has 9 nitrogen and oxygen atoms in total. The molecule has 6 rings (SSSR count). The number of nitrogen functional groups attached to an aromatic ring is 1. The molecule has 2 aliphatic rings. The fourth-order valence-electron chi connectivity index (χ4n) is 5.75. The minimum Gasteiger partial charge on any atom is -0.383 e. The SMILES string of the molecule is C=C(CN1CC(n2nc(C#Cc3ccc4c(c3)nc(C)n4C3CC3)c3c(N)nccc32)C[C@@H]1COC)C(C)=O. The van der Waals surface area contributed by atoms with Gasteiger partial charge in [-0.15, -0.1) is 0 Å². The van der Waals surface area contributed by atoms with Crippen LogP contribution in [0.4, 0.5) is 5.82 Å². The lowest BCUT2D eigenvalue weighted by molar-refractivity contribution is -0.113. The maximum Gasteiger partial charge on any atom is 0.156 e. The van der Waals surface area contributed by atoms with Crippen LogP contribution in [0.5, 0.6) is 0 Å². The highest BCUT2D eigenvalue weighted by Crippen LogP contribution is 2.38. The number of fused-ring (bicyclic) bond motifs is 2. The zero-order chi connectivity index (χ0) is 27.3. The van der Waals surface area contributed by atoms with Crippen LogP contribution >= 0.6 is 0 Å². The van der Waals surface area contributed by atoms with Crippen molar-refractivity contribution in [3.63, 3.8) is 0 Å². The Labute approximate surface area is 227 Å². The molecule has 1 saturated heterocycles. The minimum atomic E-state index is 0.00298. The maximum atomic E-state index is 11.9. The van der Waals surface area contributed by atoms with Crippen LogP contribution in [0.15, 0.2) is 42.6 Å². The molecule has 4 heterocycles. The fourth-order valence-corrected chi connectivity index (χ4v) is 5.75. The molecule has 0 bridgehead atoms. The maximum absolute atomic E-state index is 11.9. The van der Waals surface area contributed by atoms with E-state index in [9.17, 15) is 4.79 Å². The molecule has 4 aromatic rings. The number of imidazole rings is 1. The van der Waals surface area contributed by atoms with Crippen molar-refractivity contribution in [2.45, 2.75) is 51.2 Å². The number of benzene rings is 1. The van der Waals surface area contributed by atoms with Crippen molar-refractivity contribution in [2.24, 2.45) is 0 Å². The quantitative estimate of drug-likeness (QED) is 0.290. The summed E-state index contributed by atoms with van der Waals surface area (Å²) >= 11 is 0. The van der Waals surface area contributed by atoms with Crippen LogP contribution in [0.3, 0.4) is 0 Å². The molecule has 1 aromatic carbocycles. The molecule has 2 N–H and O–H groups in total. The third kappa shape index (κ3) is 4.71. The second kappa shape index (κ2) is 9.95. The number of nitrogens with zero attached hydrogens (tertiary/aromatic N) is 6. The third-order valence-corrected chi connectivity index (χ3v) is 7.86. The van der Waals surface area contributed by atoms with Gasteiger partial charge in [0.05, 0.1) is 34.6 Å². The predicted molar refractivity (Wildman–Crippen MR) is 151 cm³/mol. The summed E-state index contributed by atoms with van der Waals surface area (Å²) in [7, 11) is 1.70. The highest BCUT2D eigenvalue weighted by Gasteiger charge is 2.35. The minimum absolute atomic E-state index is 0.00298. The topological polar surface area (TPSA) is 104 Å². The summed E-state index contributed by atoms with van der Waals surface area (Å²) < 4.78 is 9.84. The molecule has 2 atom stereocenters. The summed E-state index contributed by atoms with van der Waals surface area (Å²) in [6.07, 6.45) is 4.96. The van der Waals surface area contributed by atoms with E-state index in [2.05, 4.69) is 45.9 Å². The van der Waals surface area contributed by atoms with E-state index in [1.807, 2.05) is 22.9 Å². The Kier molecular flexibility index (Phi) is 6.45. The molecule has 39 heavy (non-hydrogen) atoms. The fraction of sp³-hybridized carbons (Fsp3) is 0.400. The number of carbonyl (C=O) groups is 1. The monoisotopic (exact) mass is 523 g/mol. The summed E-state index contributed by atoms with van der Waals surface area (Å²) in [5, 5.41) is 5.71. The molecule has 1 aliphatic carbocycles. The average Bonchev–Trinajstić information content (AvgIpc) is 3.42. The lowest BCUT2D eigenvalue weighted by Gasteiger charge is -2.23. The second-order valence-corrected chi connectivity index (χ2v) is 10.7. The second-order valence-electron chi connectivity index (χ2n) is 10.7. The van der Waals surface area contributed by atoms with Crippen LogP contribution in [0, 0.1) is 18.8 Å². The lowest BCUT2D eigenvalue weighted by Crippen LogP contribution is -2.35. The Morgan fingerprint density at radius 2 is 2.03 bits per heavy atom. The van der Waals surface area contributed by atoms with Crippen molar-refractivity contribution < 1.29 is 9.53 Å². The summed E-state index contributed by atoms with van der Waals surface area (Å²) in [6, 6.07) is 8.93. The smallest absolute Gasteiger partial charge is 0.156 e. The summed E-state index contributed by atoms with van der Waals surface area (Å²) in [5.74, 6) is 8.02. The van der Waals surface area contributed by atoms with E-state index in [-0.39, 0.29) is 17.9 Å². The van der Waals surface area contributed by atoms with E-state index < -0.39 is 0 Å². The van der Waals surface area contributed by atoms with Crippen molar-refractivity contribution in [1.29, 1.82) is 0 Å². The van der Waals surface area contributed by atoms with E-state index >= 15 is 0 Å². The number of methoxy groups -OCH3 is 1. The number of hydrogen-bond donors (Lipinski definition) is 1. The van der Waals surface area contributed by atoms with E-state index in [1.165, 1.54) is 12.8 Å². The molecular formula is C30H33N7O2. The number of hydrogen-bond acceptors (Lipinski definition) is 7. The third-order valence-electron chi connectivity index (χ3n) is 7.86. The zero-order valence-electron chi connectivity index (χ0n) is 22.6. The van der Waals surface area contributed by atoms with Gasteiger partial charge in [-0.05, 0) is 63.3 Å². The Morgan fingerprint density at radius 3 is 2.77 bits per heavy atom. The van der Waals surface area contributed by atoms with Crippen LogP contribution in [0.2, 0.25) is 0 Å². The number of ketones is 1. The van der Waals surface area contributed by atoms with Gasteiger partial charge in [0, 0.05) is 49.6 Å². The van der Waals surface area contributed by atoms with Gasteiger partial charge in [-0.3, -0.25) is 14.4 Å². The molecule has 1 unspecified atom stereocenters. The Bertz CT molecular complexity index is 1670. The van der Waals surface area contributed by atoms with E-state index in [0.717, 1.165) is 39.7 Å². The normalized spacial score (nSPS) is 19.5. The van der Waals surface area contributed by atoms with E-state index in [0.29, 0.717) is 42.8 Å². The lowest BCUT2D eigenvalue weighted by atomic mass is 10.1. The molecule has 9 heteroatoms. The number of anilines is 1. The Morgan fingerprint density at radius 1 is 1.21 bits per heavy atom. The van der Waals surface area contributed by atoms with Crippen molar-refractivity contribution >= 4 is 33.5 Å². The summed E-state index contributed by atoms with van der Waals surface area (Å²) in [5.41, 5.74) is 11.4. The average molecular weight is 524 g/mol. The standard InChI is InChI=1S/C30H33N7O2/c1-18(19(2)38)15-35-16-23(14-24(35)17-39-4)37-28-11-12-32-30(31)29(28)25(34-37)9-5-21-6-10-27-26(13-21)33-20(3)36(27)22-7-8-22/h6,10-13,22-24H,1,7-8,14-17H2,2-4H3,(H2,31,32)/t23?,24-/m1/s1. The van der Waals surface area contributed by atoms with Gasteiger partial charge in [-0.1, -0.05) is 12.5 Å². The molecule has 2 fully saturated rings. The first-order valence-electron chi connectivity index (χ1n) is 13.4. The van der Waals surface area contributed by atoms with Gasteiger partial charge in [0.2, 0.25) is 0 Å². The number of carbonyl (C=O) groups excluding carboxylic acids is 1. The van der Waals surface area contributed by atoms with Gasteiger partial charge in [0.25, 0.3) is 0 Å². The number of Topliss-reactive ketones (excluding diaryl/α,β-unsaturated/α-hetero) is 1. The molecule has 1 aliphatic heterocycles. The van der Waals surface area contributed by atoms with Gasteiger partial charge in [-0.25, -0.2) is 9.97 Å². The van der Waals surface area contributed by atoms with Crippen molar-refractivity contribution in [2.75, 3.05) is 32.5 Å². The molecule has 0 spiro atoms. The molecule has 0 amide bonds. The van der Waals surface area contributed by atoms with Crippen LogP contribution in [-0.2, 0) is 9.53 Å². The number of pyridine rings is 1. The predicted octanol–water partition coefficient (Wildman–Crippen LogP) is 3.81. The van der Waals surface area contributed by atoms with Crippen molar-refractivity contribution in [1.82, 2.24) is 29.2 Å². The first kappa shape index (κ1) is 25.3. The summed E-state index contributed by atoms with van der Waals surface area (Å²) in [6.45, 7) is 9.37. The number of nitrogens with two attached hydrogens (primary N) is 1. The van der Waals surface area contributed by atoms with E-state index in [1.54, 1.807) is 20.2 Å². The number of aryl methyl sites for hydroxylation is 1. The van der Waals surface area contributed by atoms with E-state index in [4.69, 9.17) is 20.6 Å². The van der Waals surface area contributed by atoms with Crippen LogP contribution in [-0.4, -0.2) is 67.8 Å². The first-order valence-corrected chi connectivity index (χ1v) is 13.4. The highest BCUT2D eigenvalue weighted by molar-refractivity contribution is 5.93. The number of likely N-dealkylation sites (tertiary alicyclic amines) is 1. The molecule has 200 valence electrons. The van der Waals surface area contributed by atoms with Gasteiger partial charge in [-0.2, -0.15) is 5.10 Å². The van der Waals surface area contributed by atoms with Crippen LogP contribution in [0.1, 0.15) is 55.4 Å². The van der Waals surface area contributed by atoms with Crippen LogP contribution in [0.25, 0.3) is 21.9 Å².